The van der Waals surface area contributed by atoms with Crippen molar-refractivity contribution in [2.24, 2.45) is 0 Å². The Hall–Kier alpha value is -2.04. The third kappa shape index (κ3) is 4.44. The van der Waals surface area contributed by atoms with Crippen LogP contribution in [0.2, 0.25) is 0 Å². The summed E-state index contributed by atoms with van der Waals surface area (Å²) in [6.45, 7) is 4.59. The number of carbonyl (C=O) groups is 1. The van der Waals surface area contributed by atoms with Crippen LogP contribution in [0.3, 0.4) is 0 Å². The van der Waals surface area contributed by atoms with E-state index < -0.39 is 0 Å². The van der Waals surface area contributed by atoms with Crippen LogP contribution in [-0.2, 0) is 16.9 Å². The number of ether oxygens (including phenoxy) is 1. The number of hydrogen-bond donors (Lipinski definition) is 0. The third-order valence-electron chi connectivity index (χ3n) is 5.54. The second kappa shape index (κ2) is 9.19. The predicted octanol–water partition coefficient (Wildman–Crippen LogP) is 7.05. The maximum atomic E-state index is 12.7. The first kappa shape index (κ1) is 20.2. The zero-order chi connectivity index (χ0) is 20.2. The van der Waals surface area contributed by atoms with Crippen LogP contribution in [0.1, 0.15) is 64.0 Å². The fourth-order valence-electron chi connectivity index (χ4n) is 4.20. The molecule has 0 fully saturated rings. The van der Waals surface area contributed by atoms with E-state index in [1.54, 1.807) is 11.3 Å². The lowest BCUT2D eigenvalue weighted by Gasteiger charge is -2.29. The molecule has 2 nitrogen and oxygen atoms in total. The summed E-state index contributed by atoms with van der Waals surface area (Å²) in [6.07, 6.45) is 2.04. The fraction of sp³-hybridized carbons (Fsp3) is 0.320. The van der Waals surface area contributed by atoms with Gasteiger partial charge < -0.3 is 4.74 Å². The molecule has 0 bridgehead atoms. The van der Waals surface area contributed by atoms with Gasteiger partial charge in [0.15, 0.2) is 0 Å². The highest BCUT2D eigenvalue weighted by atomic mass is 32.2. The standard InChI is InChI=1S/C25H26O2S2/c1-3-27-24(26)23-21-15-20(19-12-8-5-9-13-19)14-17(2)22(21)25(29-23)28-16-18-10-6-4-7-11-18/h4-13,17,20H,3,14-16H2,1-2H3. The normalized spacial score (nSPS) is 18.3. The van der Waals surface area contributed by atoms with Gasteiger partial charge in [-0.1, -0.05) is 67.6 Å². The van der Waals surface area contributed by atoms with Crippen molar-refractivity contribution in [3.8, 4) is 0 Å². The first-order chi connectivity index (χ1) is 14.2. The maximum absolute atomic E-state index is 12.7. The Labute approximate surface area is 181 Å². The van der Waals surface area contributed by atoms with Crippen LogP contribution in [0.4, 0.5) is 0 Å². The van der Waals surface area contributed by atoms with Crippen LogP contribution < -0.4 is 0 Å². The highest BCUT2D eigenvalue weighted by molar-refractivity contribution is 8.00. The minimum atomic E-state index is -0.166. The zero-order valence-corrected chi connectivity index (χ0v) is 18.5. The minimum absolute atomic E-state index is 0.166. The molecule has 0 saturated heterocycles. The molecule has 29 heavy (non-hydrogen) atoms. The molecule has 3 aromatic rings. The van der Waals surface area contributed by atoms with E-state index >= 15 is 0 Å². The molecule has 0 radical (unpaired) electrons. The van der Waals surface area contributed by atoms with Crippen molar-refractivity contribution in [2.75, 3.05) is 6.61 Å². The smallest absolute Gasteiger partial charge is 0.348 e. The second-order valence-corrected chi connectivity index (χ2v) is 9.82. The molecular formula is C25H26O2S2. The van der Waals surface area contributed by atoms with Crippen molar-refractivity contribution < 1.29 is 9.53 Å². The lowest BCUT2D eigenvalue weighted by atomic mass is 9.76. The molecule has 0 spiro atoms. The van der Waals surface area contributed by atoms with E-state index in [0.717, 1.165) is 23.5 Å². The van der Waals surface area contributed by atoms with Crippen molar-refractivity contribution in [3.63, 3.8) is 0 Å². The summed E-state index contributed by atoms with van der Waals surface area (Å²) >= 11 is 3.49. The molecule has 2 unspecified atom stereocenters. The van der Waals surface area contributed by atoms with Gasteiger partial charge >= 0.3 is 5.97 Å². The van der Waals surface area contributed by atoms with Gasteiger partial charge in [0.1, 0.15) is 4.88 Å². The molecule has 1 heterocycles. The molecule has 2 atom stereocenters. The average Bonchev–Trinajstić information content (AvgIpc) is 3.13. The van der Waals surface area contributed by atoms with Crippen molar-refractivity contribution in [3.05, 3.63) is 87.8 Å². The lowest BCUT2D eigenvalue weighted by molar-refractivity contribution is 0.0530. The van der Waals surface area contributed by atoms with Gasteiger partial charge in [0, 0.05) is 5.75 Å². The Morgan fingerprint density at radius 1 is 1.10 bits per heavy atom. The zero-order valence-electron chi connectivity index (χ0n) is 16.9. The van der Waals surface area contributed by atoms with Gasteiger partial charge in [-0.3, -0.25) is 0 Å². The minimum Gasteiger partial charge on any atom is -0.462 e. The largest absolute Gasteiger partial charge is 0.462 e. The van der Waals surface area contributed by atoms with Crippen LogP contribution in [-0.4, -0.2) is 12.6 Å². The summed E-state index contributed by atoms with van der Waals surface area (Å²) in [5.41, 5.74) is 5.27. The number of fused-ring (bicyclic) bond motifs is 1. The molecule has 1 aliphatic carbocycles. The van der Waals surface area contributed by atoms with Crippen molar-refractivity contribution in [1.82, 2.24) is 0 Å². The van der Waals surface area contributed by atoms with Gasteiger partial charge in [-0.2, -0.15) is 0 Å². The molecule has 0 amide bonds. The topological polar surface area (TPSA) is 26.3 Å². The molecule has 0 saturated carbocycles. The Morgan fingerprint density at radius 2 is 1.79 bits per heavy atom. The van der Waals surface area contributed by atoms with Crippen LogP contribution >= 0.6 is 23.1 Å². The SMILES string of the molecule is CCOC(=O)c1sc(SCc2ccccc2)c2c1CC(c1ccccc1)CC2C. The summed E-state index contributed by atoms with van der Waals surface area (Å²) in [7, 11) is 0. The Morgan fingerprint density at radius 3 is 2.48 bits per heavy atom. The van der Waals surface area contributed by atoms with E-state index in [0.29, 0.717) is 18.4 Å². The number of esters is 1. The number of thiophene rings is 1. The Bertz CT molecular complexity index is 963. The Kier molecular flexibility index (Phi) is 6.41. The summed E-state index contributed by atoms with van der Waals surface area (Å²) in [6, 6.07) is 21.2. The average molecular weight is 423 g/mol. The van der Waals surface area contributed by atoms with Crippen LogP contribution in [0.25, 0.3) is 0 Å². The summed E-state index contributed by atoms with van der Waals surface area (Å²) in [5.74, 6) is 1.64. The van der Waals surface area contributed by atoms with Gasteiger partial charge in [0.2, 0.25) is 0 Å². The Balaban J connectivity index is 1.67. The van der Waals surface area contributed by atoms with Crippen molar-refractivity contribution in [2.45, 2.75) is 48.5 Å². The van der Waals surface area contributed by atoms with E-state index in [1.807, 2.05) is 24.8 Å². The van der Waals surface area contributed by atoms with E-state index in [2.05, 4.69) is 61.5 Å². The number of carbonyl (C=O) groups excluding carboxylic acids is 1. The first-order valence-electron chi connectivity index (χ1n) is 10.2. The molecule has 0 N–H and O–H groups in total. The van der Waals surface area contributed by atoms with Gasteiger partial charge in [-0.25, -0.2) is 4.79 Å². The maximum Gasteiger partial charge on any atom is 0.348 e. The molecule has 2 aromatic carbocycles. The second-order valence-electron chi connectivity index (χ2n) is 7.55. The van der Waals surface area contributed by atoms with Crippen molar-refractivity contribution in [1.29, 1.82) is 0 Å². The summed E-state index contributed by atoms with van der Waals surface area (Å²) in [4.78, 5) is 13.5. The molecule has 4 rings (SSSR count). The predicted molar refractivity (Wildman–Crippen MR) is 122 cm³/mol. The molecular weight excluding hydrogens is 396 g/mol. The molecule has 0 aliphatic heterocycles. The monoisotopic (exact) mass is 422 g/mol. The third-order valence-corrected chi connectivity index (χ3v) is 8.13. The highest BCUT2D eigenvalue weighted by Crippen LogP contribution is 2.49. The van der Waals surface area contributed by atoms with E-state index in [-0.39, 0.29) is 5.97 Å². The number of hydrogen-bond acceptors (Lipinski definition) is 4. The quantitative estimate of drug-likeness (QED) is 0.314. The molecule has 150 valence electrons. The van der Waals surface area contributed by atoms with E-state index in [1.165, 1.54) is 26.5 Å². The number of thioether (sulfide) groups is 1. The number of rotatable bonds is 6. The van der Waals surface area contributed by atoms with Crippen molar-refractivity contribution >= 4 is 29.1 Å². The number of benzene rings is 2. The van der Waals surface area contributed by atoms with Crippen LogP contribution in [0.15, 0.2) is 64.9 Å². The molecule has 1 aliphatic rings. The van der Waals surface area contributed by atoms with Crippen LogP contribution in [0, 0.1) is 0 Å². The summed E-state index contributed by atoms with van der Waals surface area (Å²) in [5, 5.41) is 0. The van der Waals surface area contributed by atoms with Crippen LogP contribution in [0.5, 0.6) is 0 Å². The fourth-order valence-corrected chi connectivity index (χ4v) is 6.91. The lowest BCUT2D eigenvalue weighted by Crippen LogP contribution is -2.17. The van der Waals surface area contributed by atoms with Gasteiger partial charge in [-0.15, -0.1) is 23.1 Å². The van der Waals surface area contributed by atoms with Gasteiger partial charge in [0.05, 0.1) is 10.8 Å². The highest BCUT2D eigenvalue weighted by Gasteiger charge is 2.34. The molecule has 1 aromatic heterocycles. The first-order valence-corrected chi connectivity index (χ1v) is 12.0. The van der Waals surface area contributed by atoms with E-state index in [4.69, 9.17) is 4.74 Å². The van der Waals surface area contributed by atoms with Gasteiger partial charge in [0.25, 0.3) is 0 Å². The summed E-state index contributed by atoms with van der Waals surface area (Å²) < 4.78 is 6.69. The van der Waals surface area contributed by atoms with Gasteiger partial charge in [-0.05, 0) is 53.9 Å². The van der Waals surface area contributed by atoms with E-state index in [9.17, 15) is 4.79 Å². The molecule has 4 heteroatoms.